The number of carbonyl (C=O) groups excluding carboxylic acids is 1. The molecule has 0 aromatic heterocycles. The summed E-state index contributed by atoms with van der Waals surface area (Å²) >= 11 is 0. The first-order valence-electron chi connectivity index (χ1n) is 5.84. The zero-order valence-electron chi connectivity index (χ0n) is 10.2. The van der Waals surface area contributed by atoms with E-state index in [4.69, 9.17) is 0 Å². The molecule has 2 rings (SSSR count). The lowest BCUT2D eigenvalue weighted by Gasteiger charge is -2.30. The van der Waals surface area contributed by atoms with Crippen LogP contribution in [0.3, 0.4) is 0 Å². The van der Waals surface area contributed by atoms with E-state index in [0.717, 1.165) is 12.1 Å². The van der Waals surface area contributed by atoms with Gasteiger partial charge in [0.1, 0.15) is 0 Å². The summed E-state index contributed by atoms with van der Waals surface area (Å²) in [5.74, 6) is -0.143. The number of halogens is 3. The van der Waals surface area contributed by atoms with Crippen LogP contribution in [-0.2, 0) is 11.0 Å². The summed E-state index contributed by atoms with van der Waals surface area (Å²) in [4.78, 5) is 11.3. The normalized spacial score (nSPS) is 23.9. The van der Waals surface area contributed by atoms with E-state index in [9.17, 15) is 18.0 Å². The van der Waals surface area contributed by atoms with Gasteiger partial charge in [0, 0.05) is 18.2 Å². The molecule has 0 spiro atoms. The molecule has 7 heteroatoms. The number of carbonyl (C=O) groups is 1. The van der Waals surface area contributed by atoms with Gasteiger partial charge in [0.15, 0.2) is 6.29 Å². The highest BCUT2D eigenvalue weighted by atomic mass is 19.4. The van der Waals surface area contributed by atoms with Gasteiger partial charge >= 0.3 is 6.18 Å². The average Bonchev–Trinajstić information content (AvgIpc) is 2.26. The van der Waals surface area contributed by atoms with Crippen LogP contribution in [0.15, 0.2) is 24.3 Å². The van der Waals surface area contributed by atoms with Crippen molar-refractivity contribution in [3.63, 3.8) is 0 Å². The minimum atomic E-state index is -4.38. The molecule has 19 heavy (non-hydrogen) atoms. The van der Waals surface area contributed by atoms with Crippen LogP contribution in [0.2, 0.25) is 0 Å². The second-order valence-corrected chi connectivity index (χ2v) is 4.50. The van der Waals surface area contributed by atoms with Crippen LogP contribution in [0.5, 0.6) is 0 Å². The van der Waals surface area contributed by atoms with Gasteiger partial charge in [-0.3, -0.25) is 10.1 Å². The molecule has 1 heterocycles. The highest BCUT2D eigenvalue weighted by Crippen LogP contribution is 2.30. The summed E-state index contributed by atoms with van der Waals surface area (Å²) in [6, 6.07) is 4.81. The Balaban J connectivity index is 2.09. The Morgan fingerprint density at radius 3 is 2.74 bits per heavy atom. The maximum atomic E-state index is 12.6. The molecule has 0 aliphatic carbocycles. The van der Waals surface area contributed by atoms with E-state index in [1.807, 2.05) is 6.92 Å². The summed E-state index contributed by atoms with van der Waals surface area (Å²) in [5, 5.41) is 8.45. The van der Waals surface area contributed by atoms with Gasteiger partial charge in [0.2, 0.25) is 5.91 Å². The molecule has 2 unspecified atom stereocenters. The topological polar surface area (TPSA) is 53.2 Å². The lowest BCUT2D eigenvalue weighted by Crippen LogP contribution is -2.59. The van der Waals surface area contributed by atoms with Gasteiger partial charge in [-0.15, -0.1) is 0 Å². The molecule has 0 bridgehead atoms. The predicted octanol–water partition coefficient (Wildman–Crippen LogP) is 1.90. The third-order valence-corrected chi connectivity index (χ3v) is 2.75. The monoisotopic (exact) mass is 273 g/mol. The molecule has 0 radical (unpaired) electrons. The van der Waals surface area contributed by atoms with Crippen molar-refractivity contribution >= 4 is 11.6 Å². The SMILES string of the molecule is CC1CC(=O)NC(Nc2cccc(C(F)(F)F)c2)N1. The number of hydrogen-bond donors (Lipinski definition) is 3. The van der Waals surface area contributed by atoms with Crippen LogP contribution in [0.4, 0.5) is 18.9 Å². The smallest absolute Gasteiger partial charge is 0.353 e. The molecule has 1 aliphatic heterocycles. The first kappa shape index (κ1) is 13.7. The van der Waals surface area contributed by atoms with Crippen molar-refractivity contribution in [1.82, 2.24) is 10.6 Å². The van der Waals surface area contributed by atoms with Gasteiger partial charge in [-0.1, -0.05) is 6.07 Å². The summed E-state index contributed by atoms with van der Waals surface area (Å²) in [6.45, 7) is 1.83. The van der Waals surface area contributed by atoms with Gasteiger partial charge in [0.25, 0.3) is 0 Å². The third-order valence-electron chi connectivity index (χ3n) is 2.75. The van der Waals surface area contributed by atoms with Crippen molar-refractivity contribution in [3.05, 3.63) is 29.8 Å². The van der Waals surface area contributed by atoms with Crippen LogP contribution < -0.4 is 16.0 Å². The number of alkyl halides is 3. The Hall–Kier alpha value is -1.76. The molecule has 3 N–H and O–H groups in total. The molecule has 4 nitrogen and oxygen atoms in total. The molecule has 2 atom stereocenters. The van der Waals surface area contributed by atoms with E-state index in [1.165, 1.54) is 12.1 Å². The van der Waals surface area contributed by atoms with Gasteiger partial charge in [-0.05, 0) is 25.1 Å². The minimum absolute atomic E-state index is 0.0305. The molecule has 1 aromatic carbocycles. The molecule has 1 amide bonds. The van der Waals surface area contributed by atoms with E-state index in [1.54, 1.807) is 0 Å². The molecule has 1 saturated heterocycles. The van der Waals surface area contributed by atoms with Gasteiger partial charge in [-0.25, -0.2) is 0 Å². The van der Waals surface area contributed by atoms with Gasteiger partial charge in [-0.2, -0.15) is 13.2 Å². The van der Waals surface area contributed by atoms with Gasteiger partial charge in [0.05, 0.1) is 5.56 Å². The number of benzene rings is 1. The third kappa shape index (κ3) is 3.60. The van der Waals surface area contributed by atoms with E-state index in [2.05, 4.69) is 16.0 Å². The van der Waals surface area contributed by atoms with Crippen molar-refractivity contribution in [2.24, 2.45) is 0 Å². The Morgan fingerprint density at radius 2 is 2.11 bits per heavy atom. The Morgan fingerprint density at radius 1 is 1.37 bits per heavy atom. The van der Waals surface area contributed by atoms with Crippen molar-refractivity contribution in [2.45, 2.75) is 31.9 Å². The first-order valence-corrected chi connectivity index (χ1v) is 5.84. The maximum absolute atomic E-state index is 12.6. The fourth-order valence-corrected chi connectivity index (χ4v) is 1.91. The molecule has 0 saturated carbocycles. The van der Waals surface area contributed by atoms with E-state index < -0.39 is 18.0 Å². The highest BCUT2D eigenvalue weighted by molar-refractivity contribution is 5.78. The Bertz CT molecular complexity index is 476. The van der Waals surface area contributed by atoms with Crippen LogP contribution in [-0.4, -0.2) is 18.2 Å². The van der Waals surface area contributed by atoms with Crippen molar-refractivity contribution in [3.8, 4) is 0 Å². The number of nitrogens with one attached hydrogen (secondary N) is 3. The lowest BCUT2D eigenvalue weighted by molar-refractivity contribution is -0.137. The standard InChI is InChI=1S/C12H14F3N3O/c1-7-5-10(19)18-11(16-7)17-9-4-2-3-8(6-9)12(13,14)15/h2-4,6-7,11,16-17H,5H2,1H3,(H,18,19). The minimum Gasteiger partial charge on any atom is -0.353 e. The maximum Gasteiger partial charge on any atom is 0.416 e. The number of hydrogen-bond acceptors (Lipinski definition) is 3. The van der Waals surface area contributed by atoms with E-state index in [-0.39, 0.29) is 11.9 Å². The summed E-state index contributed by atoms with van der Waals surface area (Å²) in [5.41, 5.74) is -0.436. The molecule has 1 aliphatic rings. The molecule has 104 valence electrons. The molecule has 1 aromatic rings. The fraction of sp³-hybridized carbons (Fsp3) is 0.417. The highest BCUT2D eigenvalue weighted by Gasteiger charge is 2.30. The summed E-state index contributed by atoms with van der Waals surface area (Å²) in [6.07, 6.45) is -4.60. The van der Waals surface area contributed by atoms with Crippen LogP contribution in [0.25, 0.3) is 0 Å². The molecular weight excluding hydrogens is 259 g/mol. The average molecular weight is 273 g/mol. The number of anilines is 1. The van der Waals surface area contributed by atoms with Crippen LogP contribution in [0, 0.1) is 0 Å². The second-order valence-electron chi connectivity index (χ2n) is 4.50. The Kier molecular flexibility index (Phi) is 3.66. The van der Waals surface area contributed by atoms with Crippen LogP contribution >= 0.6 is 0 Å². The molecule has 1 fully saturated rings. The zero-order chi connectivity index (χ0) is 14.0. The lowest BCUT2D eigenvalue weighted by atomic mass is 10.1. The largest absolute Gasteiger partial charge is 0.416 e. The van der Waals surface area contributed by atoms with Crippen molar-refractivity contribution in [1.29, 1.82) is 0 Å². The number of rotatable bonds is 2. The second kappa shape index (κ2) is 5.08. The van der Waals surface area contributed by atoms with Crippen LogP contribution in [0.1, 0.15) is 18.9 Å². The zero-order valence-corrected chi connectivity index (χ0v) is 10.2. The Labute approximate surface area is 108 Å². The van der Waals surface area contributed by atoms with Crippen molar-refractivity contribution in [2.75, 3.05) is 5.32 Å². The first-order chi connectivity index (χ1) is 8.84. The predicted molar refractivity (Wildman–Crippen MR) is 64.2 cm³/mol. The van der Waals surface area contributed by atoms with E-state index >= 15 is 0 Å². The van der Waals surface area contributed by atoms with Gasteiger partial charge < -0.3 is 10.6 Å². The summed E-state index contributed by atoms with van der Waals surface area (Å²) < 4.78 is 37.7. The quantitative estimate of drug-likeness (QED) is 0.771. The fourth-order valence-electron chi connectivity index (χ4n) is 1.91. The summed E-state index contributed by atoms with van der Waals surface area (Å²) in [7, 11) is 0. The molecular formula is C12H14F3N3O. The van der Waals surface area contributed by atoms with Crippen molar-refractivity contribution < 1.29 is 18.0 Å². The van der Waals surface area contributed by atoms with E-state index in [0.29, 0.717) is 12.1 Å². The number of amides is 1.